The molecule has 0 aliphatic heterocycles. The summed E-state index contributed by atoms with van der Waals surface area (Å²) in [6.07, 6.45) is 0.826. The lowest BCUT2D eigenvalue weighted by atomic mass is 9.98. The molecule has 0 N–H and O–H groups in total. The number of methoxy groups -OCH3 is 1. The van der Waals surface area contributed by atoms with Gasteiger partial charge in [0.15, 0.2) is 0 Å². The summed E-state index contributed by atoms with van der Waals surface area (Å²) in [5, 5.41) is 0.332. The SMILES string of the molecule is COCCCn1c(C)cc2oc(=O)c(C)c(Cc3ccc(I)cc3F)c2c1=O. The summed E-state index contributed by atoms with van der Waals surface area (Å²) in [5.74, 6) is -0.361. The van der Waals surface area contributed by atoms with Gasteiger partial charge in [0, 0.05) is 47.6 Å². The van der Waals surface area contributed by atoms with Gasteiger partial charge in [0.25, 0.3) is 5.56 Å². The van der Waals surface area contributed by atoms with Crippen molar-refractivity contribution in [1.82, 2.24) is 4.57 Å². The first-order valence-electron chi connectivity index (χ1n) is 8.93. The highest BCUT2D eigenvalue weighted by Crippen LogP contribution is 2.23. The summed E-state index contributed by atoms with van der Waals surface area (Å²) in [5.41, 5.74) is 1.46. The van der Waals surface area contributed by atoms with Crippen molar-refractivity contribution in [1.29, 1.82) is 0 Å². The van der Waals surface area contributed by atoms with Crippen molar-refractivity contribution in [3.05, 3.63) is 76.8 Å². The number of hydrogen-bond acceptors (Lipinski definition) is 4. The van der Waals surface area contributed by atoms with Crippen LogP contribution in [-0.2, 0) is 17.7 Å². The zero-order valence-electron chi connectivity index (χ0n) is 16.0. The van der Waals surface area contributed by atoms with Gasteiger partial charge in [-0.1, -0.05) is 6.07 Å². The second-order valence-corrected chi connectivity index (χ2v) is 7.98. The lowest BCUT2D eigenvalue weighted by Crippen LogP contribution is -2.25. The molecule has 2 heterocycles. The fraction of sp³-hybridized carbons (Fsp3) is 0.333. The van der Waals surface area contributed by atoms with Crippen LogP contribution in [0.5, 0.6) is 0 Å². The molecule has 0 aliphatic rings. The minimum atomic E-state index is -0.510. The average molecular weight is 497 g/mol. The normalized spacial score (nSPS) is 11.3. The maximum absolute atomic E-state index is 14.4. The Kier molecular flexibility index (Phi) is 6.34. The van der Waals surface area contributed by atoms with Crippen molar-refractivity contribution in [3.8, 4) is 0 Å². The lowest BCUT2D eigenvalue weighted by Gasteiger charge is -2.14. The van der Waals surface area contributed by atoms with Gasteiger partial charge < -0.3 is 13.7 Å². The highest BCUT2D eigenvalue weighted by molar-refractivity contribution is 14.1. The average Bonchev–Trinajstić information content (AvgIpc) is 2.63. The number of pyridine rings is 1. The first-order valence-corrected chi connectivity index (χ1v) is 10.0. The third-order valence-electron chi connectivity index (χ3n) is 4.85. The Balaban J connectivity index is 2.22. The van der Waals surface area contributed by atoms with Gasteiger partial charge in [0.2, 0.25) is 0 Å². The maximum Gasteiger partial charge on any atom is 0.339 e. The standard InChI is InChI=1S/C21H21FINO4/c1-12-9-18-19(20(25)24(12)7-4-8-27-3)16(13(2)21(26)28-18)10-14-5-6-15(23)11-17(14)22/h5-6,9,11H,4,7-8,10H2,1-3H3. The minimum absolute atomic E-state index is 0.146. The van der Waals surface area contributed by atoms with Crippen LogP contribution in [-0.4, -0.2) is 18.3 Å². The number of aryl methyl sites for hydroxylation is 1. The number of halogens is 2. The molecule has 148 valence electrons. The maximum atomic E-state index is 14.4. The van der Waals surface area contributed by atoms with Gasteiger partial charge in [-0.05, 0) is 66.1 Å². The van der Waals surface area contributed by atoms with Crippen molar-refractivity contribution in [2.24, 2.45) is 0 Å². The van der Waals surface area contributed by atoms with E-state index in [1.807, 2.05) is 22.6 Å². The number of fused-ring (bicyclic) bond motifs is 1. The number of hydrogen-bond donors (Lipinski definition) is 0. The molecule has 0 radical (unpaired) electrons. The smallest absolute Gasteiger partial charge is 0.339 e. The lowest BCUT2D eigenvalue weighted by molar-refractivity contribution is 0.190. The third-order valence-corrected chi connectivity index (χ3v) is 5.52. The number of rotatable bonds is 6. The zero-order chi connectivity index (χ0) is 20.4. The highest BCUT2D eigenvalue weighted by atomic mass is 127. The zero-order valence-corrected chi connectivity index (χ0v) is 18.1. The molecule has 2 aromatic heterocycles. The van der Waals surface area contributed by atoms with Crippen LogP contribution in [0.25, 0.3) is 11.0 Å². The van der Waals surface area contributed by atoms with E-state index in [-0.39, 0.29) is 23.4 Å². The molecule has 7 heteroatoms. The number of aromatic nitrogens is 1. The van der Waals surface area contributed by atoms with Crippen molar-refractivity contribution in [2.75, 3.05) is 13.7 Å². The van der Waals surface area contributed by atoms with E-state index in [4.69, 9.17) is 9.15 Å². The van der Waals surface area contributed by atoms with Crippen molar-refractivity contribution >= 4 is 33.6 Å². The fourth-order valence-corrected chi connectivity index (χ4v) is 3.76. The quantitative estimate of drug-likeness (QED) is 0.383. The van der Waals surface area contributed by atoms with Crippen LogP contribution in [0.2, 0.25) is 0 Å². The minimum Gasteiger partial charge on any atom is -0.422 e. The second kappa shape index (κ2) is 8.57. The summed E-state index contributed by atoms with van der Waals surface area (Å²) < 4.78 is 27.3. The van der Waals surface area contributed by atoms with E-state index < -0.39 is 5.63 Å². The van der Waals surface area contributed by atoms with E-state index in [0.717, 1.165) is 3.57 Å². The second-order valence-electron chi connectivity index (χ2n) is 6.73. The summed E-state index contributed by atoms with van der Waals surface area (Å²) in [4.78, 5) is 25.5. The Morgan fingerprint density at radius 1 is 1.21 bits per heavy atom. The van der Waals surface area contributed by atoms with E-state index in [1.54, 1.807) is 43.7 Å². The number of nitrogens with zero attached hydrogens (tertiary/aromatic N) is 1. The van der Waals surface area contributed by atoms with Crippen LogP contribution in [0.4, 0.5) is 4.39 Å². The molecular weight excluding hydrogens is 476 g/mol. The first-order chi connectivity index (χ1) is 13.3. The van der Waals surface area contributed by atoms with Gasteiger partial charge in [0.05, 0.1) is 5.39 Å². The van der Waals surface area contributed by atoms with E-state index in [9.17, 15) is 14.0 Å². The summed E-state index contributed by atoms with van der Waals surface area (Å²) in [7, 11) is 1.61. The molecule has 5 nitrogen and oxygen atoms in total. The van der Waals surface area contributed by atoms with Gasteiger partial charge in [-0.2, -0.15) is 0 Å². The summed E-state index contributed by atoms with van der Waals surface area (Å²) in [6.45, 7) is 4.43. The van der Waals surface area contributed by atoms with E-state index in [0.29, 0.717) is 47.3 Å². The van der Waals surface area contributed by atoms with E-state index >= 15 is 0 Å². The van der Waals surface area contributed by atoms with Gasteiger partial charge in [0.1, 0.15) is 11.4 Å². The summed E-state index contributed by atoms with van der Waals surface area (Å²) in [6, 6.07) is 6.61. The van der Waals surface area contributed by atoms with Crippen molar-refractivity contribution < 1.29 is 13.5 Å². The molecule has 3 aromatic rings. The van der Waals surface area contributed by atoms with Crippen molar-refractivity contribution in [3.63, 3.8) is 0 Å². The van der Waals surface area contributed by atoms with Gasteiger partial charge in [-0.15, -0.1) is 0 Å². The fourth-order valence-electron chi connectivity index (χ4n) is 3.31. The number of ether oxygens (including phenoxy) is 1. The molecule has 0 atom stereocenters. The van der Waals surface area contributed by atoms with Gasteiger partial charge in [-0.25, -0.2) is 9.18 Å². The molecule has 0 spiro atoms. The molecule has 28 heavy (non-hydrogen) atoms. The number of benzene rings is 1. The van der Waals surface area contributed by atoms with Crippen LogP contribution >= 0.6 is 22.6 Å². The Labute approximate surface area is 175 Å². The molecule has 0 saturated carbocycles. The van der Waals surface area contributed by atoms with Crippen LogP contribution in [0.3, 0.4) is 0 Å². The molecule has 0 unspecified atom stereocenters. The van der Waals surface area contributed by atoms with E-state index in [2.05, 4.69) is 0 Å². The largest absolute Gasteiger partial charge is 0.422 e. The predicted octanol–water partition coefficient (Wildman–Crippen LogP) is 3.94. The Morgan fingerprint density at radius 3 is 2.64 bits per heavy atom. The Morgan fingerprint density at radius 2 is 1.96 bits per heavy atom. The molecule has 0 saturated heterocycles. The van der Waals surface area contributed by atoms with Gasteiger partial charge in [-0.3, -0.25) is 4.79 Å². The predicted molar refractivity (Wildman–Crippen MR) is 115 cm³/mol. The Bertz CT molecular complexity index is 1150. The Hall–Kier alpha value is -2.00. The monoisotopic (exact) mass is 497 g/mol. The third kappa shape index (κ3) is 4.05. The van der Waals surface area contributed by atoms with E-state index in [1.165, 1.54) is 6.07 Å². The molecular formula is C21H21FINO4. The molecule has 1 aromatic carbocycles. The van der Waals surface area contributed by atoms with Crippen LogP contribution < -0.4 is 11.2 Å². The molecule has 3 rings (SSSR count). The van der Waals surface area contributed by atoms with Crippen LogP contribution in [0.15, 0.2) is 38.3 Å². The van der Waals surface area contributed by atoms with Crippen LogP contribution in [0, 0.1) is 23.2 Å². The highest BCUT2D eigenvalue weighted by Gasteiger charge is 2.18. The molecule has 0 bridgehead atoms. The summed E-state index contributed by atoms with van der Waals surface area (Å²) >= 11 is 2.04. The first kappa shape index (κ1) is 20.7. The van der Waals surface area contributed by atoms with Crippen molar-refractivity contribution in [2.45, 2.75) is 33.2 Å². The molecule has 0 amide bonds. The topological polar surface area (TPSA) is 61.4 Å². The molecule has 0 fully saturated rings. The molecule has 0 aliphatic carbocycles. The van der Waals surface area contributed by atoms with Gasteiger partial charge >= 0.3 is 5.63 Å². The van der Waals surface area contributed by atoms with Crippen LogP contribution in [0.1, 0.15) is 28.8 Å².